The van der Waals surface area contributed by atoms with Crippen molar-refractivity contribution in [2.75, 3.05) is 26.2 Å². The summed E-state index contributed by atoms with van der Waals surface area (Å²) < 4.78 is 32.4. The number of amides is 1. The molecule has 1 aliphatic rings. The first kappa shape index (κ1) is 22.7. The van der Waals surface area contributed by atoms with Gasteiger partial charge in [0, 0.05) is 30.3 Å². The van der Waals surface area contributed by atoms with Gasteiger partial charge in [-0.3, -0.25) is 14.9 Å². The van der Waals surface area contributed by atoms with Crippen LogP contribution in [0.15, 0.2) is 47.4 Å². The van der Waals surface area contributed by atoms with Crippen LogP contribution in [0.5, 0.6) is 5.75 Å². The molecule has 1 amide bonds. The Morgan fingerprint density at radius 3 is 2.45 bits per heavy atom. The maximum Gasteiger partial charge on any atom is 0.273 e. The second-order valence-corrected chi connectivity index (χ2v) is 9.24. The molecule has 0 aliphatic carbocycles. The van der Waals surface area contributed by atoms with Crippen LogP contribution in [0.4, 0.5) is 5.69 Å². The average molecular weight is 448 g/mol. The lowest BCUT2D eigenvalue weighted by atomic mass is 10.1. The third kappa shape index (κ3) is 5.59. The van der Waals surface area contributed by atoms with Gasteiger partial charge in [-0.25, -0.2) is 8.42 Å². The molecular formula is C21H25N3O6S. The molecule has 2 aromatic carbocycles. The van der Waals surface area contributed by atoms with Crippen LogP contribution in [0, 0.1) is 17.0 Å². The number of carbonyl (C=O) groups excluding carboxylic acids is 1. The van der Waals surface area contributed by atoms with Crippen molar-refractivity contribution in [3.63, 3.8) is 0 Å². The van der Waals surface area contributed by atoms with Crippen molar-refractivity contribution in [3.8, 4) is 5.75 Å². The van der Waals surface area contributed by atoms with E-state index in [4.69, 9.17) is 4.74 Å². The quantitative estimate of drug-likeness (QED) is 0.378. The molecular weight excluding hydrogens is 422 g/mol. The summed E-state index contributed by atoms with van der Waals surface area (Å²) in [7, 11) is -3.49. The van der Waals surface area contributed by atoms with Gasteiger partial charge in [-0.05, 0) is 50.1 Å². The van der Waals surface area contributed by atoms with Crippen molar-refractivity contribution >= 4 is 21.6 Å². The fraction of sp³-hybridized carbons (Fsp3) is 0.381. The molecule has 10 heteroatoms. The predicted molar refractivity (Wildman–Crippen MR) is 115 cm³/mol. The van der Waals surface area contributed by atoms with E-state index in [-0.39, 0.29) is 29.3 Å². The summed E-state index contributed by atoms with van der Waals surface area (Å²) in [5, 5.41) is 13.6. The van der Waals surface area contributed by atoms with Crippen LogP contribution in [-0.2, 0) is 10.0 Å². The molecule has 1 aliphatic heterocycles. The van der Waals surface area contributed by atoms with Crippen molar-refractivity contribution in [1.82, 2.24) is 9.62 Å². The van der Waals surface area contributed by atoms with Crippen LogP contribution in [-0.4, -0.2) is 49.8 Å². The summed E-state index contributed by atoms with van der Waals surface area (Å²) in [5.74, 6) is 0.0486. The number of nitro groups is 1. The third-order valence-corrected chi connectivity index (χ3v) is 7.01. The van der Waals surface area contributed by atoms with Crippen molar-refractivity contribution in [2.45, 2.75) is 31.1 Å². The summed E-state index contributed by atoms with van der Waals surface area (Å²) in [5.41, 5.74) is 0.573. The highest BCUT2D eigenvalue weighted by atomic mass is 32.2. The Balaban J connectivity index is 1.50. The monoisotopic (exact) mass is 447 g/mol. The molecule has 31 heavy (non-hydrogen) atoms. The zero-order chi connectivity index (χ0) is 22.4. The first-order valence-electron chi connectivity index (χ1n) is 10.1. The molecule has 3 rings (SSSR count). The van der Waals surface area contributed by atoms with Crippen molar-refractivity contribution in [2.24, 2.45) is 0 Å². The van der Waals surface area contributed by atoms with E-state index in [1.165, 1.54) is 34.6 Å². The second kappa shape index (κ2) is 9.88. The fourth-order valence-electron chi connectivity index (χ4n) is 3.34. The van der Waals surface area contributed by atoms with Gasteiger partial charge in [-0.15, -0.1) is 0 Å². The fourth-order valence-corrected chi connectivity index (χ4v) is 4.86. The van der Waals surface area contributed by atoms with Gasteiger partial charge in [0.25, 0.3) is 11.6 Å². The lowest BCUT2D eigenvalue weighted by molar-refractivity contribution is -0.385. The highest BCUT2D eigenvalue weighted by molar-refractivity contribution is 7.89. The molecule has 0 atom stereocenters. The van der Waals surface area contributed by atoms with Crippen LogP contribution in [0.1, 0.15) is 35.2 Å². The Labute approximate surface area is 181 Å². The number of aryl methyl sites for hydroxylation is 1. The largest absolute Gasteiger partial charge is 0.492 e. The number of sulfonamides is 1. The molecule has 2 aromatic rings. The normalized spacial score (nSPS) is 14.7. The van der Waals surface area contributed by atoms with Gasteiger partial charge in [0.2, 0.25) is 10.0 Å². The Morgan fingerprint density at radius 2 is 1.81 bits per heavy atom. The van der Waals surface area contributed by atoms with E-state index in [9.17, 15) is 23.3 Å². The molecule has 0 spiro atoms. The van der Waals surface area contributed by atoms with Crippen molar-refractivity contribution in [1.29, 1.82) is 0 Å². The minimum atomic E-state index is -3.49. The zero-order valence-electron chi connectivity index (χ0n) is 17.2. The SMILES string of the molecule is Cc1ccc(C(=O)NCCOc2ccc(S(=O)(=O)N3CCCCC3)cc2)cc1[N+](=O)[O-]. The number of ether oxygens (including phenoxy) is 1. The van der Waals surface area contributed by atoms with Gasteiger partial charge in [0.15, 0.2) is 0 Å². The summed E-state index contributed by atoms with van der Waals surface area (Å²) in [4.78, 5) is 22.9. The number of nitrogens with zero attached hydrogens (tertiary/aromatic N) is 2. The van der Waals surface area contributed by atoms with Gasteiger partial charge in [-0.1, -0.05) is 12.5 Å². The lowest BCUT2D eigenvalue weighted by Gasteiger charge is -2.25. The second-order valence-electron chi connectivity index (χ2n) is 7.30. The number of hydrogen-bond donors (Lipinski definition) is 1. The lowest BCUT2D eigenvalue weighted by Crippen LogP contribution is -2.35. The van der Waals surface area contributed by atoms with E-state index >= 15 is 0 Å². The summed E-state index contributed by atoms with van der Waals surface area (Å²) in [6.07, 6.45) is 2.81. The molecule has 1 saturated heterocycles. The number of carbonyl (C=O) groups is 1. The van der Waals surface area contributed by atoms with Crippen LogP contribution < -0.4 is 10.1 Å². The van der Waals surface area contributed by atoms with E-state index < -0.39 is 20.9 Å². The van der Waals surface area contributed by atoms with E-state index in [0.717, 1.165) is 19.3 Å². The molecule has 0 aromatic heterocycles. The Kier molecular flexibility index (Phi) is 7.24. The van der Waals surface area contributed by atoms with Crippen molar-refractivity contribution in [3.05, 3.63) is 63.7 Å². The van der Waals surface area contributed by atoms with Gasteiger partial charge < -0.3 is 10.1 Å². The van der Waals surface area contributed by atoms with Crippen LogP contribution in [0.3, 0.4) is 0 Å². The van der Waals surface area contributed by atoms with Crippen LogP contribution >= 0.6 is 0 Å². The van der Waals surface area contributed by atoms with Gasteiger partial charge in [-0.2, -0.15) is 4.31 Å². The summed E-state index contributed by atoms with van der Waals surface area (Å²) >= 11 is 0. The highest BCUT2D eigenvalue weighted by Crippen LogP contribution is 2.23. The van der Waals surface area contributed by atoms with Gasteiger partial charge in [0.05, 0.1) is 16.4 Å². The Hall–Kier alpha value is -2.98. The molecule has 1 fully saturated rings. The maximum atomic E-state index is 12.7. The first-order chi connectivity index (χ1) is 14.8. The zero-order valence-corrected chi connectivity index (χ0v) is 18.1. The average Bonchev–Trinajstić information content (AvgIpc) is 2.77. The van der Waals surface area contributed by atoms with E-state index in [1.807, 2.05) is 0 Å². The number of rotatable bonds is 8. The van der Waals surface area contributed by atoms with E-state index in [2.05, 4.69) is 5.32 Å². The molecule has 0 bridgehead atoms. The number of benzene rings is 2. The number of piperidine rings is 1. The standard InChI is InChI=1S/C21H25N3O6S/c1-16-5-6-17(15-20(16)24(26)27)21(25)22-11-14-30-18-7-9-19(10-8-18)31(28,29)23-12-3-2-4-13-23/h5-10,15H,2-4,11-14H2,1H3,(H,22,25). The molecule has 0 radical (unpaired) electrons. The van der Waals surface area contributed by atoms with E-state index in [0.29, 0.717) is 24.4 Å². The molecule has 1 heterocycles. The van der Waals surface area contributed by atoms with Crippen LogP contribution in [0.2, 0.25) is 0 Å². The smallest absolute Gasteiger partial charge is 0.273 e. The minimum Gasteiger partial charge on any atom is -0.492 e. The minimum absolute atomic E-state index is 0.108. The molecule has 0 unspecified atom stereocenters. The number of nitro benzene ring substituents is 1. The third-order valence-electron chi connectivity index (χ3n) is 5.10. The Morgan fingerprint density at radius 1 is 1.13 bits per heavy atom. The molecule has 166 valence electrons. The summed E-state index contributed by atoms with van der Waals surface area (Å²) in [6.45, 7) is 3.05. The van der Waals surface area contributed by atoms with Gasteiger partial charge in [0.1, 0.15) is 12.4 Å². The Bertz CT molecular complexity index is 1050. The van der Waals surface area contributed by atoms with E-state index in [1.54, 1.807) is 19.1 Å². The topological polar surface area (TPSA) is 119 Å². The number of nitrogens with one attached hydrogen (secondary N) is 1. The highest BCUT2D eigenvalue weighted by Gasteiger charge is 2.25. The summed E-state index contributed by atoms with van der Waals surface area (Å²) in [6, 6.07) is 10.5. The molecule has 9 nitrogen and oxygen atoms in total. The van der Waals surface area contributed by atoms with Crippen LogP contribution in [0.25, 0.3) is 0 Å². The van der Waals surface area contributed by atoms with Gasteiger partial charge >= 0.3 is 0 Å². The first-order valence-corrected chi connectivity index (χ1v) is 11.5. The molecule has 0 saturated carbocycles. The number of hydrogen-bond acceptors (Lipinski definition) is 6. The van der Waals surface area contributed by atoms with Crippen molar-refractivity contribution < 1.29 is 22.9 Å². The maximum absolute atomic E-state index is 12.7. The molecule has 1 N–H and O–H groups in total. The predicted octanol–water partition coefficient (Wildman–Crippen LogP) is 2.89.